The first-order valence-electron chi connectivity index (χ1n) is 9.07. The summed E-state index contributed by atoms with van der Waals surface area (Å²) in [5, 5.41) is 7.35. The van der Waals surface area contributed by atoms with E-state index in [2.05, 4.69) is 29.4 Å². The highest BCUT2D eigenvalue weighted by atomic mass is 16.2. The predicted octanol–water partition coefficient (Wildman–Crippen LogP) is 4.26. The van der Waals surface area contributed by atoms with Gasteiger partial charge in [0.2, 0.25) is 0 Å². The van der Waals surface area contributed by atoms with E-state index in [1.165, 1.54) is 0 Å². The van der Waals surface area contributed by atoms with E-state index >= 15 is 0 Å². The summed E-state index contributed by atoms with van der Waals surface area (Å²) in [6, 6.07) is 20.9. The third kappa shape index (κ3) is 4.44. The molecule has 0 fully saturated rings. The number of amides is 2. The number of hydrogen-bond acceptors (Lipinski definition) is 3. The topological polar surface area (TPSA) is 61.4 Å². The van der Waals surface area contributed by atoms with Gasteiger partial charge in [-0.05, 0) is 61.0 Å². The minimum atomic E-state index is -0.696. The van der Waals surface area contributed by atoms with Crippen LogP contribution in [0.2, 0.25) is 0 Å². The highest BCUT2D eigenvalue weighted by Crippen LogP contribution is 2.20. The summed E-state index contributed by atoms with van der Waals surface area (Å²) in [6.07, 6.45) is 0. The Morgan fingerprint density at radius 3 is 1.93 bits per heavy atom. The molecule has 5 nitrogen and oxygen atoms in total. The number of carbonyl (C=O) groups is 2. The van der Waals surface area contributed by atoms with Crippen LogP contribution < -0.4 is 15.5 Å². The van der Waals surface area contributed by atoms with Gasteiger partial charge >= 0.3 is 11.8 Å². The molecule has 0 aliphatic rings. The van der Waals surface area contributed by atoms with E-state index < -0.39 is 11.8 Å². The largest absolute Gasteiger partial charge is 0.372 e. The highest BCUT2D eigenvalue weighted by molar-refractivity contribution is 6.43. The van der Waals surface area contributed by atoms with Crippen LogP contribution in [0.1, 0.15) is 13.8 Å². The van der Waals surface area contributed by atoms with Crippen LogP contribution in [0.15, 0.2) is 66.7 Å². The maximum atomic E-state index is 12.2. The number of fused-ring (bicyclic) bond motifs is 1. The Balaban J connectivity index is 1.63. The lowest BCUT2D eigenvalue weighted by atomic mass is 10.1. The van der Waals surface area contributed by atoms with Crippen molar-refractivity contribution in [2.75, 3.05) is 28.6 Å². The normalized spacial score (nSPS) is 10.4. The van der Waals surface area contributed by atoms with Crippen molar-refractivity contribution < 1.29 is 9.59 Å². The average Bonchev–Trinajstić information content (AvgIpc) is 2.70. The first-order valence-corrected chi connectivity index (χ1v) is 9.07. The number of anilines is 3. The first kappa shape index (κ1) is 18.5. The minimum Gasteiger partial charge on any atom is -0.372 e. The number of nitrogens with one attached hydrogen (secondary N) is 2. The molecular formula is C22H23N3O2. The summed E-state index contributed by atoms with van der Waals surface area (Å²) in [5.74, 6) is -1.39. The number of carbonyl (C=O) groups excluding carboxylic acids is 2. The molecule has 0 heterocycles. The quantitative estimate of drug-likeness (QED) is 0.668. The van der Waals surface area contributed by atoms with Crippen molar-refractivity contribution in [2.45, 2.75) is 13.8 Å². The Labute approximate surface area is 159 Å². The molecule has 3 aromatic carbocycles. The molecule has 0 radical (unpaired) electrons. The van der Waals surface area contributed by atoms with Crippen molar-refractivity contribution >= 4 is 39.6 Å². The molecule has 3 rings (SSSR count). The van der Waals surface area contributed by atoms with Crippen LogP contribution in [0, 0.1) is 0 Å². The molecule has 2 amide bonds. The van der Waals surface area contributed by atoms with E-state index in [1.807, 2.05) is 48.5 Å². The SMILES string of the molecule is CCN(CC)c1ccc(NC(=O)C(=O)Nc2ccc3ccccc3c2)cc1. The molecule has 138 valence electrons. The zero-order chi connectivity index (χ0) is 19.2. The Hall–Kier alpha value is -3.34. The van der Waals surface area contributed by atoms with Crippen molar-refractivity contribution in [2.24, 2.45) is 0 Å². The molecule has 0 aliphatic carbocycles. The summed E-state index contributed by atoms with van der Waals surface area (Å²) in [4.78, 5) is 26.6. The first-order chi connectivity index (χ1) is 13.1. The van der Waals surface area contributed by atoms with Crippen molar-refractivity contribution in [3.8, 4) is 0 Å². The molecule has 0 saturated heterocycles. The van der Waals surface area contributed by atoms with Gasteiger partial charge in [-0.25, -0.2) is 0 Å². The summed E-state index contributed by atoms with van der Waals surface area (Å²) >= 11 is 0. The second-order valence-electron chi connectivity index (χ2n) is 6.19. The molecule has 0 aliphatic heterocycles. The fraction of sp³-hybridized carbons (Fsp3) is 0.182. The van der Waals surface area contributed by atoms with Crippen LogP contribution in [-0.4, -0.2) is 24.9 Å². The van der Waals surface area contributed by atoms with Crippen LogP contribution in [0.25, 0.3) is 10.8 Å². The smallest absolute Gasteiger partial charge is 0.314 e. The van der Waals surface area contributed by atoms with Crippen LogP contribution in [-0.2, 0) is 9.59 Å². The predicted molar refractivity (Wildman–Crippen MR) is 111 cm³/mol. The molecule has 0 atom stereocenters. The number of hydrogen-bond donors (Lipinski definition) is 2. The fourth-order valence-corrected chi connectivity index (χ4v) is 2.99. The second kappa shape index (κ2) is 8.36. The van der Waals surface area contributed by atoms with Crippen LogP contribution in [0.4, 0.5) is 17.1 Å². The zero-order valence-electron chi connectivity index (χ0n) is 15.5. The third-order valence-electron chi connectivity index (χ3n) is 4.47. The van der Waals surface area contributed by atoms with Gasteiger partial charge in [-0.2, -0.15) is 0 Å². The van der Waals surface area contributed by atoms with E-state index in [0.717, 1.165) is 29.5 Å². The van der Waals surface area contributed by atoms with Gasteiger partial charge in [0, 0.05) is 30.2 Å². The average molecular weight is 361 g/mol. The van der Waals surface area contributed by atoms with Crippen molar-refractivity contribution in [3.05, 3.63) is 66.7 Å². The fourth-order valence-electron chi connectivity index (χ4n) is 2.99. The maximum Gasteiger partial charge on any atom is 0.314 e. The number of benzene rings is 3. The van der Waals surface area contributed by atoms with Gasteiger partial charge < -0.3 is 15.5 Å². The molecule has 5 heteroatoms. The van der Waals surface area contributed by atoms with Gasteiger partial charge in [-0.15, -0.1) is 0 Å². The monoisotopic (exact) mass is 361 g/mol. The Bertz CT molecular complexity index is 947. The molecule has 27 heavy (non-hydrogen) atoms. The second-order valence-corrected chi connectivity index (χ2v) is 6.19. The molecule has 3 aromatic rings. The van der Waals surface area contributed by atoms with Crippen LogP contribution >= 0.6 is 0 Å². The summed E-state index contributed by atoms with van der Waals surface area (Å²) in [6.45, 7) is 6.01. The zero-order valence-corrected chi connectivity index (χ0v) is 15.5. The maximum absolute atomic E-state index is 12.2. The van der Waals surface area contributed by atoms with E-state index in [-0.39, 0.29) is 0 Å². The molecular weight excluding hydrogens is 338 g/mol. The van der Waals surface area contributed by atoms with Crippen LogP contribution in [0.5, 0.6) is 0 Å². The Morgan fingerprint density at radius 1 is 0.741 bits per heavy atom. The molecule has 0 bridgehead atoms. The molecule has 0 spiro atoms. The Kier molecular flexibility index (Phi) is 5.71. The van der Waals surface area contributed by atoms with Gasteiger partial charge in [0.25, 0.3) is 0 Å². The molecule has 0 unspecified atom stereocenters. The van der Waals surface area contributed by atoms with E-state index in [9.17, 15) is 9.59 Å². The molecule has 0 saturated carbocycles. The van der Waals surface area contributed by atoms with E-state index in [1.54, 1.807) is 18.2 Å². The van der Waals surface area contributed by atoms with Gasteiger partial charge in [-0.3, -0.25) is 9.59 Å². The lowest BCUT2D eigenvalue weighted by Gasteiger charge is -2.21. The summed E-state index contributed by atoms with van der Waals surface area (Å²) in [7, 11) is 0. The van der Waals surface area contributed by atoms with E-state index in [4.69, 9.17) is 0 Å². The van der Waals surface area contributed by atoms with Gasteiger partial charge in [0.15, 0.2) is 0 Å². The summed E-state index contributed by atoms with van der Waals surface area (Å²) in [5.41, 5.74) is 2.26. The van der Waals surface area contributed by atoms with Crippen molar-refractivity contribution in [3.63, 3.8) is 0 Å². The van der Waals surface area contributed by atoms with Gasteiger partial charge in [0.05, 0.1) is 0 Å². The number of nitrogens with zero attached hydrogens (tertiary/aromatic N) is 1. The van der Waals surface area contributed by atoms with Crippen molar-refractivity contribution in [1.29, 1.82) is 0 Å². The lowest BCUT2D eigenvalue weighted by Crippen LogP contribution is -2.29. The number of rotatable bonds is 5. The van der Waals surface area contributed by atoms with Gasteiger partial charge in [0.1, 0.15) is 0 Å². The van der Waals surface area contributed by atoms with Crippen LogP contribution in [0.3, 0.4) is 0 Å². The minimum absolute atomic E-state index is 0.588. The van der Waals surface area contributed by atoms with Gasteiger partial charge in [-0.1, -0.05) is 30.3 Å². The van der Waals surface area contributed by atoms with Crippen molar-refractivity contribution in [1.82, 2.24) is 0 Å². The highest BCUT2D eigenvalue weighted by Gasteiger charge is 2.14. The molecule has 0 aromatic heterocycles. The lowest BCUT2D eigenvalue weighted by molar-refractivity contribution is -0.132. The van der Waals surface area contributed by atoms with E-state index in [0.29, 0.717) is 11.4 Å². The standard InChI is InChI=1S/C22H23N3O2/c1-3-25(4-2)20-13-11-18(12-14-20)23-21(26)22(27)24-19-10-9-16-7-5-6-8-17(16)15-19/h5-15H,3-4H2,1-2H3,(H,23,26)(H,24,27). The molecule has 2 N–H and O–H groups in total. The summed E-state index contributed by atoms with van der Waals surface area (Å²) < 4.78 is 0. The Morgan fingerprint density at radius 2 is 1.30 bits per heavy atom. The third-order valence-corrected chi connectivity index (χ3v) is 4.47.